The second-order valence-electron chi connectivity index (χ2n) is 8.90. The molecule has 0 saturated carbocycles. The number of amides is 2. The summed E-state index contributed by atoms with van der Waals surface area (Å²) in [7, 11) is 1.64. The van der Waals surface area contributed by atoms with Gasteiger partial charge in [0.15, 0.2) is 0 Å². The molecule has 4 aromatic rings. The Bertz CT molecular complexity index is 1670. The number of nitrogens with one attached hydrogen (secondary N) is 2. The number of halogens is 8. The number of rotatable bonds is 10. The van der Waals surface area contributed by atoms with Crippen LogP contribution in [0.4, 0.5) is 27.6 Å². The van der Waals surface area contributed by atoms with Crippen LogP contribution in [-0.2, 0) is 24.8 Å². The van der Waals surface area contributed by atoms with Gasteiger partial charge >= 0.3 is 6.43 Å². The number of aryl methyl sites for hydroxylation is 1. The molecule has 2 N–H and O–H groups in total. The Balaban J connectivity index is 1.69. The zero-order valence-electron chi connectivity index (χ0n) is 21.5. The Labute approximate surface area is 250 Å². The maximum Gasteiger partial charge on any atom is 0.315 e. The van der Waals surface area contributed by atoms with E-state index in [0.29, 0.717) is 28.0 Å². The molecule has 0 atom stereocenters. The molecule has 4 rings (SSSR count). The fourth-order valence-electron chi connectivity index (χ4n) is 4.01. The van der Waals surface area contributed by atoms with Crippen molar-refractivity contribution in [3.63, 3.8) is 0 Å². The van der Waals surface area contributed by atoms with E-state index >= 15 is 0 Å². The van der Waals surface area contributed by atoms with Crippen LogP contribution < -0.4 is 15.4 Å². The summed E-state index contributed by atoms with van der Waals surface area (Å²) < 4.78 is 71.5. The number of imidazole rings is 1. The predicted molar refractivity (Wildman–Crippen MR) is 149 cm³/mol. The maximum absolute atomic E-state index is 13.5. The third-order valence-electron chi connectivity index (χ3n) is 6.11. The van der Waals surface area contributed by atoms with E-state index in [0.717, 1.165) is 6.07 Å². The van der Waals surface area contributed by atoms with Crippen LogP contribution in [0.2, 0.25) is 15.1 Å². The Morgan fingerprint density at radius 2 is 1.76 bits per heavy atom. The van der Waals surface area contributed by atoms with E-state index in [2.05, 4.69) is 15.6 Å². The fourth-order valence-corrected chi connectivity index (χ4v) is 4.76. The van der Waals surface area contributed by atoms with E-state index < -0.39 is 37.1 Å². The first-order valence-corrected chi connectivity index (χ1v) is 13.2. The van der Waals surface area contributed by atoms with Gasteiger partial charge in [0.05, 0.1) is 26.6 Å². The number of fused-ring (bicyclic) bond motifs is 1. The van der Waals surface area contributed by atoms with Crippen molar-refractivity contribution < 1.29 is 36.3 Å². The van der Waals surface area contributed by atoms with Crippen molar-refractivity contribution in [1.29, 1.82) is 0 Å². The quantitative estimate of drug-likeness (QED) is 0.181. The summed E-state index contributed by atoms with van der Waals surface area (Å²) in [4.78, 5) is 29.0. The van der Waals surface area contributed by atoms with E-state index in [-0.39, 0.29) is 45.0 Å². The maximum atomic E-state index is 13.5. The van der Waals surface area contributed by atoms with Crippen molar-refractivity contribution in [2.75, 3.05) is 11.9 Å². The number of hydrogen-bond acceptors (Lipinski definition) is 4. The number of ether oxygens (including phenoxy) is 1. The van der Waals surface area contributed by atoms with Crippen molar-refractivity contribution in [2.24, 2.45) is 7.05 Å². The lowest BCUT2D eigenvalue weighted by Crippen LogP contribution is -2.29. The molecule has 3 aromatic carbocycles. The molecule has 42 heavy (non-hydrogen) atoms. The summed E-state index contributed by atoms with van der Waals surface area (Å²) in [6, 6.07) is 9.22. The molecule has 0 bridgehead atoms. The molecule has 0 aliphatic carbocycles. The van der Waals surface area contributed by atoms with Gasteiger partial charge in [0.1, 0.15) is 24.0 Å². The largest absolute Gasteiger partial charge is 0.487 e. The van der Waals surface area contributed by atoms with E-state index in [4.69, 9.17) is 39.5 Å². The number of benzene rings is 3. The summed E-state index contributed by atoms with van der Waals surface area (Å²) >= 11 is 18.7. The molecule has 0 saturated heterocycles. The summed E-state index contributed by atoms with van der Waals surface area (Å²) in [6.45, 7) is -1.25. The molecular formula is C27H20Cl3F5N4O3. The van der Waals surface area contributed by atoms with E-state index in [1.807, 2.05) is 0 Å². The van der Waals surface area contributed by atoms with Crippen LogP contribution in [0.3, 0.4) is 0 Å². The van der Waals surface area contributed by atoms with Gasteiger partial charge in [-0.3, -0.25) is 9.59 Å². The number of nitrogens with zero attached hydrogens (tertiary/aromatic N) is 2. The van der Waals surface area contributed by atoms with Crippen LogP contribution in [0.5, 0.6) is 5.75 Å². The van der Waals surface area contributed by atoms with Crippen LogP contribution >= 0.6 is 34.8 Å². The Morgan fingerprint density at radius 3 is 2.43 bits per heavy atom. The normalized spacial score (nSPS) is 11.4. The number of carbonyl (C=O) groups is 2. The van der Waals surface area contributed by atoms with Crippen LogP contribution in [0.15, 0.2) is 42.5 Å². The SMILES string of the molecule is Cn1c(Cc2c(Cl)ccc(CNC(=O)C(F)F)c2Cl)nc2cc(C(=O)Nc3ccc(F)c(Cl)c3)c(OCC(F)F)cc21. The highest BCUT2D eigenvalue weighted by atomic mass is 35.5. The lowest BCUT2D eigenvalue weighted by molar-refractivity contribution is -0.131. The van der Waals surface area contributed by atoms with Gasteiger partial charge in [0.25, 0.3) is 18.2 Å². The summed E-state index contributed by atoms with van der Waals surface area (Å²) in [5.41, 5.74) is 1.48. The van der Waals surface area contributed by atoms with Gasteiger partial charge in [0.2, 0.25) is 0 Å². The molecule has 0 spiro atoms. The van der Waals surface area contributed by atoms with Gasteiger partial charge in [-0.05, 0) is 41.5 Å². The number of hydrogen-bond donors (Lipinski definition) is 2. The smallest absolute Gasteiger partial charge is 0.315 e. The van der Waals surface area contributed by atoms with E-state index in [1.54, 1.807) is 11.6 Å². The molecule has 2 amide bonds. The molecule has 0 aliphatic rings. The van der Waals surface area contributed by atoms with Crippen molar-refractivity contribution in [1.82, 2.24) is 14.9 Å². The topological polar surface area (TPSA) is 85.2 Å². The summed E-state index contributed by atoms with van der Waals surface area (Å²) in [6.07, 6.45) is -5.97. The Kier molecular flexibility index (Phi) is 9.80. The molecular weight excluding hydrogens is 630 g/mol. The van der Waals surface area contributed by atoms with Crippen molar-refractivity contribution in [3.05, 3.63) is 85.9 Å². The van der Waals surface area contributed by atoms with Crippen molar-refractivity contribution >= 4 is 63.3 Å². The molecule has 0 unspecified atom stereocenters. The number of carbonyl (C=O) groups excluding carboxylic acids is 2. The average molecular weight is 650 g/mol. The third kappa shape index (κ3) is 7.05. The molecule has 7 nitrogen and oxygen atoms in total. The minimum atomic E-state index is -3.19. The first-order chi connectivity index (χ1) is 19.8. The average Bonchev–Trinajstić information content (AvgIpc) is 3.24. The molecule has 0 radical (unpaired) electrons. The molecule has 1 heterocycles. The van der Waals surface area contributed by atoms with Gasteiger partial charge in [-0.15, -0.1) is 0 Å². The van der Waals surface area contributed by atoms with Crippen LogP contribution in [0, 0.1) is 5.82 Å². The highest BCUT2D eigenvalue weighted by molar-refractivity contribution is 6.36. The minimum Gasteiger partial charge on any atom is -0.487 e. The number of aromatic nitrogens is 2. The highest BCUT2D eigenvalue weighted by Crippen LogP contribution is 2.33. The van der Waals surface area contributed by atoms with E-state index in [1.165, 1.54) is 36.4 Å². The lowest BCUT2D eigenvalue weighted by Gasteiger charge is -2.13. The van der Waals surface area contributed by atoms with Gasteiger partial charge in [-0.1, -0.05) is 40.9 Å². The van der Waals surface area contributed by atoms with Gasteiger partial charge in [0, 0.05) is 36.8 Å². The monoisotopic (exact) mass is 648 g/mol. The first kappa shape index (κ1) is 31.3. The summed E-state index contributed by atoms with van der Waals surface area (Å²) in [5, 5.41) is 4.75. The number of alkyl halides is 4. The van der Waals surface area contributed by atoms with Gasteiger partial charge in [-0.25, -0.2) is 18.2 Å². The molecule has 0 fully saturated rings. The summed E-state index contributed by atoms with van der Waals surface area (Å²) in [5.74, 6) is -2.66. The zero-order valence-corrected chi connectivity index (χ0v) is 23.7. The van der Waals surface area contributed by atoms with Crippen LogP contribution in [0.25, 0.3) is 11.0 Å². The Hall–Kier alpha value is -3.61. The highest BCUT2D eigenvalue weighted by Gasteiger charge is 2.22. The van der Waals surface area contributed by atoms with Crippen LogP contribution in [0.1, 0.15) is 27.3 Å². The number of anilines is 1. The molecule has 1 aromatic heterocycles. The Morgan fingerprint density at radius 1 is 1.02 bits per heavy atom. The molecule has 222 valence electrons. The van der Waals surface area contributed by atoms with Gasteiger partial charge < -0.3 is 19.9 Å². The second-order valence-corrected chi connectivity index (χ2v) is 10.1. The van der Waals surface area contributed by atoms with Gasteiger partial charge in [-0.2, -0.15) is 8.78 Å². The standard InChI is InChI=1S/C27H20Cl3F5N4O3/c1-39-20-9-21(42-11-22(32)33)15(26(40)37-13-3-5-18(31)17(29)6-13)7-19(20)38-23(39)8-14-16(28)4-2-12(24(14)30)10-36-27(41)25(34)35/h2-7,9,22,25H,8,10-11H2,1H3,(H,36,41)(H,37,40). The minimum absolute atomic E-state index is 0.0440. The second kappa shape index (κ2) is 13.1. The lowest BCUT2D eigenvalue weighted by atomic mass is 10.1. The third-order valence-corrected chi connectivity index (χ3v) is 7.23. The molecule has 15 heteroatoms. The zero-order chi connectivity index (χ0) is 30.7. The van der Waals surface area contributed by atoms with E-state index in [9.17, 15) is 31.5 Å². The molecule has 0 aliphatic heterocycles. The first-order valence-electron chi connectivity index (χ1n) is 12.0. The van der Waals surface area contributed by atoms with Crippen LogP contribution in [-0.4, -0.2) is 40.8 Å². The predicted octanol–water partition coefficient (Wildman–Crippen LogP) is 7.04. The van der Waals surface area contributed by atoms with Crippen molar-refractivity contribution in [2.45, 2.75) is 25.8 Å². The van der Waals surface area contributed by atoms with Crippen molar-refractivity contribution in [3.8, 4) is 5.75 Å². The fraction of sp³-hybridized carbons (Fsp3) is 0.222.